The Balaban J connectivity index is 2.59. The van der Waals surface area contributed by atoms with Gasteiger partial charge in [0, 0.05) is 24.9 Å². The van der Waals surface area contributed by atoms with E-state index in [1.807, 2.05) is 13.8 Å². The summed E-state index contributed by atoms with van der Waals surface area (Å²) in [5, 5.41) is 14.3. The number of nitrogens with one attached hydrogen (secondary N) is 2. The fourth-order valence-electron chi connectivity index (χ4n) is 1.87. The number of aryl methyl sites for hydroxylation is 1. The standard InChI is InChI=1S/C16H24F2N2O3/c1-11-4-5-12(8-13(11)23-9-14(17)18)20-15(22)19-10-16(2,3)6-7-21/h4-5,8,14,21H,6-7,9-10H2,1-3H3,(H2,19,20,22). The highest BCUT2D eigenvalue weighted by Crippen LogP contribution is 2.23. The van der Waals surface area contributed by atoms with Gasteiger partial charge in [-0.3, -0.25) is 0 Å². The third-order valence-electron chi connectivity index (χ3n) is 3.33. The predicted octanol–water partition coefficient (Wildman–Crippen LogP) is 3.17. The number of rotatable bonds is 8. The number of carbonyl (C=O) groups excluding carboxylic acids is 1. The van der Waals surface area contributed by atoms with Crippen LogP contribution in [0.5, 0.6) is 5.75 Å². The number of ether oxygens (including phenoxy) is 1. The zero-order valence-corrected chi connectivity index (χ0v) is 13.7. The fraction of sp³-hybridized carbons (Fsp3) is 0.562. The smallest absolute Gasteiger partial charge is 0.319 e. The molecule has 0 spiro atoms. The van der Waals surface area contributed by atoms with Crippen LogP contribution in [0.3, 0.4) is 0 Å². The van der Waals surface area contributed by atoms with Crippen molar-refractivity contribution in [1.82, 2.24) is 5.32 Å². The number of carbonyl (C=O) groups is 1. The Morgan fingerprint density at radius 1 is 1.39 bits per heavy atom. The average Bonchev–Trinajstić information content (AvgIpc) is 2.46. The first-order valence-corrected chi connectivity index (χ1v) is 7.41. The maximum atomic E-state index is 12.2. The van der Waals surface area contributed by atoms with E-state index in [1.54, 1.807) is 19.1 Å². The number of hydrogen-bond donors (Lipinski definition) is 3. The van der Waals surface area contributed by atoms with Crippen LogP contribution in [-0.2, 0) is 0 Å². The van der Waals surface area contributed by atoms with Gasteiger partial charge < -0.3 is 20.5 Å². The maximum Gasteiger partial charge on any atom is 0.319 e. The van der Waals surface area contributed by atoms with Crippen molar-refractivity contribution in [2.75, 3.05) is 25.1 Å². The molecule has 1 aromatic rings. The van der Waals surface area contributed by atoms with E-state index < -0.39 is 19.1 Å². The minimum Gasteiger partial charge on any atom is -0.487 e. The molecule has 0 aliphatic heterocycles. The normalized spacial score (nSPS) is 11.4. The van der Waals surface area contributed by atoms with Gasteiger partial charge in [0.05, 0.1) is 0 Å². The van der Waals surface area contributed by atoms with Crippen LogP contribution in [0.2, 0.25) is 0 Å². The van der Waals surface area contributed by atoms with Gasteiger partial charge in [-0.15, -0.1) is 0 Å². The maximum absolute atomic E-state index is 12.2. The minimum atomic E-state index is -2.55. The number of halogens is 2. The summed E-state index contributed by atoms with van der Waals surface area (Å²) in [6.07, 6.45) is -1.98. The van der Waals surface area contributed by atoms with Crippen molar-refractivity contribution < 1.29 is 23.4 Å². The summed E-state index contributed by atoms with van der Waals surface area (Å²) in [6.45, 7) is 5.38. The molecule has 130 valence electrons. The monoisotopic (exact) mass is 330 g/mol. The van der Waals surface area contributed by atoms with Gasteiger partial charge >= 0.3 is 6.03 Å². The lowest BCUT2D eigenvalue weighted by Crippen LogP contribution is -2.37. The first kappa shape index (κ1) is 19.2. The van der Waals surface area contributed by atoms with Crippen LogP contribution < -0.4 is 15.4 Å². The van der Waals surface area contributed by atoms with E-state index >= 15 is 0 Å². The summed E-state index contributed by atoms with van der Waals surface area (Å²) < 4.78 is 29.4. The number of alkyl halides is 2. The molecule has 7 heteroatoms. The highest BCUT2D eigenvalue weighted by molar-refractivity contribution is 5.89. The Hall–Kier alpha value is -1.89. The van der Waals surface area contributed by atoms with Gasteiger partial charge in [-0.05, 0) is 30.4 Å². The zero-order chi connectivity index (χ0) is 17.5. The third kappa shape index (κ3) is 7.27. The van der Waals surface area contributed by atoms with Crippen LogP contribution in [0.25, 0.3) is 0 Å². The SMILES string of the molecule is Cc1ccc(NC(=O)NCC(C)(C)CCO)cc1OCC(F)F. The molecule has 1 aromatic carbocycles. The summed E-state index contributed by atoms with van der Waals surface area (Å²) in [7, 11) is 0. The Labute approximate surface area is 135 Å². The summed E-state index contributed by atoms with van der Waals surface area (Å²) in [4.78, 5) is 11.9. The van der Waals surface area contributed by atoms with Gasteiger partial charge in [-0.2, -0.15) is 0 Å². The van der Waals surface area contributed by atoms with Crippen molar-refractivity contribution in [3.8, 4) is 5.75 Å². The topological polar surface area (TPSA) is 70.6 Å². The number of anilines is 1. The van der Waals surface area contributed by atoms with Gasteiger partial charge in [-0.1, -0.05) is 19.9 Å². The molecule has 5 nitrogen and oxygen atoms in total. The van der Waals surface area contributed by atoms with Gasteiger partial charge in [0.2, 0.25) is 0 Å². The lowest BCUT2D eigenvalue weighted by molar-refractivity contribution is 0.0816. The lowest BCUT2D eigenvalue weighted by Gasteiger charge is -2.23. The fourth-order valence-corrected chi connectivity index (χ4v) is 1.87. The molecule has 0 radical (unpaired) electrons. The summed E-state index contributed by atoms with van der Waals surface area (Å²) in [6, 6.07) is 4.46. The zero-order valence-electron chi connectivity index (χ0n) is 13.7. The molecule has 0 fully saturated rings. The number of aliphatic hydroxyl groups excluding tert-OH is 1. The summed E-state index contributed by atoms with van der Waals surface area (Å²) in [5.74, 6) is 0.309. The van der Waals surface area contributed by atoms with E-state index in [4.69, 9.17) is 9.84 Å². The van der Waals surface area contributed by atoms with E-state index in [-0.39, 0.29) is 12.0 Å². The molecular formula is C16H24F2N2O3. The van der Waals surface area contributed by atoms with E-state index in [0.29, 0.717) is 30.0 Å². The molecule has 2 amide bonds. The molecule has 3 N–H and O–H groups in total. The third-order valence-corrected chi connectivity index (χ3v) is 3.33. The number of urea groups is 1. The average molecular weight is 330 g/mol. The number of benzene rings is 1. The van der Waals surface area contributed by atoms with Gasteiger partial charge in [0.25, 0.3) is 6.43 Å². The van der Waals surface area contributed by atoms with Crippen molar-refractivity contribution in [3.05, 3.63) is 23.8 Å². The molecule has 0 saturated carbocycles. The summed E-state index contributed by atoms with van der Waals surface area (Å²) in [5.41, 5.74) is 0.947. The molecule has 0 saturated heterocycles. The summed E-state index contributed by atoms with van der Waals surface area (Å²) >= 11 is 0. The van der Waals surface area contributed by atoms with E-state index in [2.05, 4.69) is 10.6 Å². The number of amides is 2. The Kier molecular flexibility index (Phi) is 7.22. The lowest BCUT2D eigenvalue weighted by atomic mass is 9.90. The van der Waals surface area contributed by atoms with E-state index in [9.17, 15) is 13.6 Å². The highest BCUT2D eigenvalue weighted by Gasteiger charge is 2.18. The van der Waals surface area contributed by atoms with Crippen LogP contribution in [0.15, 0.2) is 18.2 Å². The first-order valence-electron chi connectivity index (χ1n) is 7.41. The van der Waals surface area contributed by atoms with Crippen LogP contribution in [-0.4, -0.2) is 37.3 Å². The molecule has 0 aliphatic carbocycles. The molecular weight excluding hydrogens is 306 g/mol. The second-order valence-electron chi connectivity index (χ2n) is 6.13. The van der Waals surface area contributed by atoms with Crippen molar-refractivity contribution in [2.45, 2.75) is 33.6 Å². The highest BCUT2D eigenvalue weighted by atomic mass is 19.3. The van der Waals surface area contributed by atoms with E-state index in [1.165, 1.54) is 6.07 Å². The van der Waals surface area contributed by atoms with Gasteiger partial charge in [-0.25, -0.2) is 13.6 Å². The molecule has 0 heterocycles. The van der Waals surface area contributed by atoms with Crippen molar-refractivity contribution in [3.63, 3.8) is 0 Å². The molecule has 1 rings (SSSR count). The van der Waals surface area contributed by atoms with E-state index in [0.717, 1.165) is 0 Å². The van der Waals surface area contributed by atoms with Crippen molar-refractivity contribution in [2.24, 2.45) is 5.41 Å². The Morgan fingerprint density at radius 2 is 2.09 bits per heavy atom. The van der Waals surface area contributed by atoms with Crippen LogP contribution in [0, 0.1) is 12.3 Å². The molecule has 0 aliphatic rings. The van der Waals surface area contributed by atoms with Crippen LogP contribution >= 0.6 is 0 Å². The molecule has 0 aromatic heterocycles. The second-order valence-corrected chi connectivity index (χ2v) is 6.13. The molecule has 0 unspecified atom stereocenters. The van der Waals surface area contributed by atoms with Crippen molar-refractivity contribution in [1.29, 1.82) is 0 Å². The minimum absolute atomic E-state index is 0.0547. The quantitative estimate of drug-likeness (QED) is 0.686. The Bertz CT molecular complexity index is 522. The molecule has 23 heavy (non-hydrogen) atoms. The van der Waals surface area contributed by atoms with Gasteiger partial charge in [0.15, 0.2) is 0 Å². The van der Waals surface area contributed by atoms with Crippen molar-refractivity contribution >= 4 is 11.7 Å². The number of aliphatic hydroxyl groups is 1. The largest absolute Gasteiger partial charge is 0.487 e. The predicted molar refractivity (Wildman–Crippen MR) is 85.2 cm³/mol. The van der Waals surface area contributed by atoms with Gasteiger partial charge in [0.1, 0.15) is 12.4 Å². The number of hydrogen-bond acceptors (Lipinski definition) is 3. The van der Waals surface area contributed by atoms with Crippen LogP contribution in [0.1, 0.15) is 25.8 Å². The van der Waals surface area contributed by atoms with Crippen LogP contribution in [0.4, 0.5) is 19.3 Å². The molecule has 0 atom stereocenters. The first-order chi connectivity index (χ1) is 10.7. The second kappa shape index (κ2) is 8.67. The Morgan fingerprint density at radius 3 is 2.70 bits per heavy atom. The molecule has 0 bridgehead atoms.